The van der Waals surface area contributed by atoms with Crippen molar-refractivity contribution in [3.63, 3.8) is 0 Å². The van der Waals surface area contributed by atoms with Crippen molar-refractivity contribution in [2.24, 2.45) is 0 Å². The second kappa shape index (κ2) is 4.28. The summed E-state index contributed by atoms with van der Waals surface area (Å²) in [5.41, 5.74) is -0.448. The van der Waals surface area contributed by atoms with Crippen LogP contribution < -0.4 is 5.32 Å². The van der Waals surface area contributed by atoms with Gasteiger partial charge in [-0.3, -0.25) is 0 Å². The van der Waals surface area contributed by atoms with Gasteiger partial charge in [0.25, 0.3) is 0 Å². The first-order valence-corrected chi connectivity index (χ1v) is 6.46. The highest BCUT2D eigenvalue weighted by Gasteiger charge is 2.42. The Kier molecular flexibility index (Phi) is 2.87. The molecule has 98 valence electrons. The molecule has 1 aromatic carbocycles. The summed E-state index contributed by atoms with van der Waals surface area (Å²) in [6, 6.07) is 4.26. The molecule has 2 N–H and O–H groups in total. The summed E-state index contributed by atoms with van der Waals surface area (Å²) in [6.07, 6.45) is 3.74. The molecule has 4 heteroatoms. The number of nitrogens with one attached hydrogen (secondary N) is 1. The fourth-order valence-electron chi connectivity index (χ4n) is 3.39. The van der Waals surface area contributed by atoms with Crippen LogP contribution in [0.4, 0.5) is 8.78 Å². The number of rotatable bonds is 2. The third-order valence-electron chi connectivity index (χ3n) is 4.12. The van der Waals surface area contributed by atoms with Crippen LogP contribution >= 0.6 is 0 Å². The predicted molar refractivity (Wildman–Crippen MR) is 64.2 cm³/mol. The molecule has 18 heavy (non-hydrogen) atoms. The summed E-state index contributed by atoms with van der Waals surface area (Å²) >= 11 is 0. The molecular weight excluding hydrogens is 236 g/mol. The van der Waals surface area contributed by atoms with Gasteiger partial charge < -0.3 is 10.4 Å². The zero-order chi connectivity index (χ0) is 12.8. The van der Waals surface area contributed by atoms with E-state index in [1.165, 1.54) is 12.1 Å². The molecule has 0 amide bonds. The van der Waals surface area contributed by atoms with Crippen molar-refractivity contribution in [2.45, 2.75) is 49.8 Å². The number of aliphatic hydroxyl groups is 1. The van der Waals surface area contributed by atoms with Gasteiger partial charge in [-0.05, 0) is 37.3 Å². The quantitative estimate of drug-likeness (QED) is 0.846. The van der Waals surface area contributed by atoms with Gasteiger partial charge in [0, 0.05) is 24.6 Å². The van der Waals surface area contributed by atoms with Crippen LogP contribution in [-0.4, -0.2) is 22.8 Å². The van der Waals surface area contributed by atoms with E-state index in [1.54, 1.807) is 0 Å². The fraction of sp³-hybridized carbons (Fsp3) is 0.571. The minimum Gasteiger partial charge on any atom is -0.389 e. The molecule has 2 aliphatic rings. The normalized spacial score (nSPS) is 34.8. The molecule has 2 nitrogen and oxygen atoms in total. The van der Waals surface area contributed by atoms with Gasteiger partial charge in [-0.2, -0.15) is 0 Å². The number of piperidine rings is 1. The summed E-state index contributed by atoms with van der Waals surface area (Å²) < 4.78 is 26.5. The van der Waals surface area contributed by atoms with Gasteiger partial charge in [-0.15, -0.1) is 0 Å². The topological polar surface area (TPSA) is 32.3 Å². The number of benzene rings is 1. The minimum absolute atomic E-state index is 0.272. The van der Waals surface area contributed by atoms with Crippen LogP contribution in [0.15, 0.2) is 18.2 Å². The van der Waals surface area contributed by atoms with E-state index >= 15 is 0 Å². The van der Waals surface area contributed by atoms with Crippen LogP contribution in [0.2, 0.25) is 0 Å². The molecule has 0 radical (unpaired) electrons. The average molecular weight is 253 g/mol. The van der Waals surface area contributed by atoms with E-state index in [1.807, 2.05) is 0 Å². The highest BCUT2D eigenvalue weighted by Crippen LogP contribution is 2.36. The SMILES string of the molecule is OC1(Cc2ccc(F)cc2F)C[C@H]2CC[C@@H](C1)N2. The van der Waals surface area contributed by atoms with Gasteiger partial charge in [0.1, 0.15) is 11.6 Å². The Morgan fingerprint density at radius 3 is 2.50 bits per heavy atom. The van der Waals surface area contributed by atoms with Gasteiger partial charge in [0.15, 0.2) is 0 Å². The van der Waals surface area contributed by atoms with E-state index in [0.29, 0.717) is 30.5 Å². The van der Waals surface area contributed by atoms with Crippen molar-refractivity contribution in [1.29, 1.82) is 0 Å². The first-order valence-electron chi connectivity index (χ1n) is 6.46. The second-order valence-corrected chi connectivity index (χ2v) is 5.68. The van der Waals surface area contributed by atoms with E-state index in [-0.39, 0.29) is 6.42 Å². The van der Waals surface area contributed by atoms with Crippen LogP contribution in [0.25, 0.3) is 0 Å². The highest BCUT2D eigenvalue weighted by molar-refractivity contribution is 5.21. The first kappa shape index (κ1) is 12.1. The Labute approximate surface area is 105 Å². The van der Waals surface area contributed by atoms with Crippen LogP contribution in [0, 0.1) is 11.6 Å². The predicted octanol–water partition coefficient (Wildman–Crippen LogP) is 2.15. The average Bonchev–Trinajstić information content (AvgIpc) is 2.63. The third kappa shape index (κ3) is 2.27. The van der Waals surface area contributed by atoms with Crippen molar-refractivity contribution < 1.29 is 13.9 Å². The molecule has 1 aromatic rings. The van der Waals surface area contributed by atoms with Crippen molar-refractivity contribution in [3.8, 4) is 0 Å². The van der Waals surface area contributed by atoms with Crippen LogP contribution in [0.3, 0.4) is 0 Å². The molecule has 2 aliphatic heterocycles. The summed E-state index contributed by atoms with van der Waals surface area (Å²) in [5.74, 6) is -1.14. The zero-order valence-electron chi connectivity index (χ0n) is 10.1. The molecule has 2 bridgehead atoms. The maximum Gasteiger partial charge on any atom is 0.129 e. The Hall–Kier alpha value is -1.00. The van der Waals surface area contributed by atoms with Gasteiger partial charge in [0.05, 0.1) is 5.60 Å². The molecule has 3 atom stereocenters. The molecular formula is C14H17F2NO. The van der Waals surface area contributed by atoms with Crippen LogP contribution in [0.5, 0.6) is 0 Å². The second-order valence-electron chi connectivity index (χ2n) is 5.68. The van der Waals surface area contributed by atoms with E-state index in [0.717, 1.165) is 18.9 Å². The molecule has 0 saturated carbocycles. The van der Waals surface area contributed by atoms with E-state index in [9.17, 15) is 13.9 Å². The lowest BCUT2D eigenvalue weighted by Gasteiger charge is -2.37. The smallest absolute Gasteiger partial charge is 0.129 e. The van der Waals surface area contributed by atoms with E-state index in [2.05, 4.69) is 5.32 Å². The summed E-state index contributed by atoms with van der Waals surface area (Å²) in [7, 11) is 0. The van der Waals surface area contributed by atoms with Crippen molar-refractivity contribution in [3.05, 3.63) is 35.4 Å². The largest absolute Gasteiger partial charge is 0.389 e. The zero-order valence-corrected chi connectivity index (χ0v) is 10.1. The Morgan fingerprint density at radius 1 is 1.22 bits per heavy atom. The molecule has 0 spiro atoms. The highest BCUT2D eigenvalue weighted by atomic mass is 19.1. The maximum atomic E-state index is 13.6. The van der Waals surface area contributed by atoms with Gasteiger partial charge >= 0.3 is 0 Å². The fourth-order valence-corrected chi connectivity index (χ4v) is 3.39. The van der Waals surface area contributed by atoms with E-state index < -0.39 is 17.2 Å². The van der Waals surface area contributed by atoms with Crippen LogP contribution in [0.1, 0.15) is 31.2 Å². The molecule has 2 fully saturated rings. The molecule has 3 rings (SSSR count). The number of hydrogen-bond acceptors (Lipinski definition) is 2. The summed E-state index contributed by atoms with van der Waals surface area (Å²) in [6.45, 7) is 0. The van der Waals surface area contributed by atoms with Gasteiger partial charge in [-0.25, -0.2) is 8.78 Å². The molecule has 0 aromatic heterocycles. The first-order chi connectivity index (χ1) is 8.54. The number of halogens is 2. The summed E-state index contributed by atoms with van der Waals surface area (Å²) in [5, 5.41) is 14.0. The van der Waals surface area contributed by atoms with Crippen LogP contribution in [-0.2, 0) is 6.42 Å². The van der Waals surface area contributed by atoms with Gasteiger partial charge in [-0.1, -0.05) is 6.07 Å². The molecule has 1 unspecified atom stereocenters. The molecule has 0 aliphatic carbocycles. The Morgan fingerprint density at radius 2 is 1.89 bits per heavy atom. The van der Waals surface area contributed by atoms with Crippen molar-refractivity contribution >= 4 is 0 Å². The lowest BCUT2D eigenvalue weighted by molar-refractivity contribution is -0.00675. The lowest BCUT2D eigenvalue weighted by Crippen LogP contribution is -2.49. The monoisotopic (exact) mass is 253 g/mol. The van der Waals surface area contributed by atoms with Gasteiger partial charge in [0.2, 0.25) is 0 Å². The maximum absolute atomic E-state index is 13.6. The van der Waals surface area contributed by atoms with Crippen molar-refractivity contribution in [2.75, 3.05) is 0 Å². The van der Waals surface area contributed by atoms with Crippen molar-refractivity contribution in [1.82, 2.24) is 5.32 Å². The van der Waals surface area contributed by atoms with E-state index in [4.69, 9.17) is 0 Å². The summed E-state index contributed by atoms with van der Waals surface area (Å²) in [4.78, 5) is 0. The Bertz CT molecular complexity index is 451. The number of fused-ring (bicyclic) bond motifs is 2. The minimum atomic E-state index is -0.851. The standard InChI is InChI=1S/C14H17F2NO/c15-10-2-1-9(13(16)5-10)6-14(18)7-11-3-4-12(8-14)17-11/h1-2,5,11-12,17-18H,3-4,6-8H2/t11-,12+,14?. The molecule has 2 saturated heterocycles. The third-order valence-corrected chi connectivity index (χ3v) is 4.12. The Balaban J connectivity index is 1.79. The molecule has 2 heterocycles. The lowest BCUT2D eigenvalue weighted by atomic mass is 9.82. The number of hydrogen-bond donors (Lipinski definition) is 2.